The molecule has 0 aliphatic rings. The highest BCUT2D eigenvalue weighted by Gasteiger charge is 2.01. The third-order valence-electron chi connectivity index (χ3n) is 2.44. The van der Waals surface area contributed by atoms with E-state index in [2.05, 4.69) is 10.2 Å². The number of aromatic hydroxyl groups is 1. The average molecular weight is 251 g/mol. The molecule has 0 saturated carbocycles. The second-order valence-electron chi connectivity index (χ2n) is 3.75. The smallest absolute Gasteiger partial charge is 0.124 e. The van der Waals surface area contributed by atoms with Crippen LogP contribution in [0.5, 0.6) is 5.75 Å². The Bertz CT molecular complexity index is 687. The highest BCUT2D eigenvalue weighted by Crippen LogP contribution is 2.22. The monoisotopic (exact) mass is 251 g/mol. The Labute approximate surface area is 109 Å². The van der Waals surface area contributed by atoms with E-state index < -0.39 is 0 Å². The predicted molar refractivity (Wildman–Crippen MR) is 72.0 cm³/mol. The van der Waals surface area contributed by atoms with Crippen LogP contribution in [0.15, 0.2) is 52.6 Å². The molecule has 0 unspecified atom stereocenters. The fourth-order valence-electron chi connectivity index (χ4n) is 1.50. The van der Waals surface area contributed by atoms with Crippen LogP contribution >= 0.6 is 0 Å². The summed E-state index contributed by atoms with van der Waals surface area (Å²) in [6.45, 7) is 0. The predicted octanol–water partition coefficient (Wildman–Crippen LogP) is 3.41. The molecule has 0 fully saturated rings. The Hall–Kier alpha value is -3.00. The van der Waals surface area contributed by atoms with E-state index in [1.165, 1.54) is 24.4 Å². The SMILES string of the molecule is N#Cc1cccc(N=Cc2cc(N=O)ccc2O)c1. The van der Waals surface area contributed by atoms with Crippen molar-refractivity contribution in [3.05, 3.63) is 58.5 Å². The van der Waals surface area contributed by atoms with Gasteiger partial charge in [-0.25, -0.2) is 0 Å². The van der Waals surface area contributed by atoms with Gasteiger partial charge in [-0.15, -0.1) is 4.91 Å². The Balaban J connectivity index is 2.32. The number of hydrogen-bond donors (Lipinski definition) is 1. The summed E-state index contributed by atoms with van der Waals surface area (Å²) in [6.07, 6.45) is 1.42. The van der Waals surface area contributed by atoms with Crippen LogP contribution in [0.3, 0.4) is 0 Å². The van der Waals surface area contributed by atoms with Gasteiger partial charge in [-0.2, -0.15) is 5.26 Å². The first-order valence-electron chi connectivity index (χ1n) is 5.43. The molecule has 0 spiro atoms. The summed E-state index contributed by atoms with van der Waals surface area (Å²) in [5, 5.41) is 21.2. The van der Waals surface area contributed by atoms with Crippen molar-refractivity contribution in [1.82, 2.24) is 0 Å². The Morgan fingerprint density at radius 3 is 2.74 bits per heavy atom. The molecule has 1 N–H and O–H groups in total. The number of phenolic OH excluding ortho intramolecular Hbond substituents is 1. The number of nitroso groups, excluding NO2 is 1. The van der Waals surface area contributed by atoms with E-state index in [0.29, 0.717) is 16.8 Å². The van der Waals surface area contributed by atoms with Gasteiger partial charge in [0.25, 0.3) is 0 Å². The zero-order valence-corrected chi connectivity index (χ0v) is 9.82. The fourth-order valence-corrected chi connectivity index (χ4v) is 1.50. The molecule has 0 atom stereocenters. The summed E-state index contributed by atoms with van der Waals surface area (Å²) in [5.74, 6) is 0.00703. The Kier molecular flexibility index (Phi) is 3.64. The molecule has 0 bridgehead atoms. The summed E-state index contributed by atoms with van der Waals surface area (Å²) in [7, 11) is 0. The number of benzene rings is 2. The fraction of sp³-hybridized carbons (Fsp3) is 0. The van der Waals surface area contributed by atoms with Crippen LogP contribution in [0.1, 0.15) is 11.1 Å². The van der Waals surface area contributed by atoms with Crippen molar-refractivity contribution < 1.29 is 5.11 Å². The molecule has 2 aromatic carbocycles. The van der Waals surface area contributed by atoms with Crippen molar-refractivity contribution in [2.45, 2.75) is 0 Å². The van der Waals surface area contributed by atoms with E-state index in [1.807, 2.05) is 6.07 Å². The average Bonchev–Trinajstić information content (AvgIpc) is 2.46. The number of aliphatic imine (C=N–C) groups is 1. The van der Waals surface area contributed by atoms with E-state index in [4.69, 9.17) is 5.26 Å². The lowest BCUT2D eigenvalue weighted by molar-refractivity contribution is 0.474. The van der Waals surface area contributed by atoms with Gasteiger partial charge in [0, 0.05) is 11.8 Å². The first-order valence-corrected chi connectivity index (χ1v) is 5.43. The van der Waals surface area contributed by atoms with Crippen molar-refractivity contribution in [2.75, 3.05) is 0 Å². The first kappa shape index (κ1) is 12.5. The minimum Gasteiger partial charge on any atom is -0.507 e. The molecule has 0 saturated heterocycles. The molecule has 0 radical (unpaired) electrons. The van der Waals surface area contributed by atoms with Crippen molar-refractivity contribution >= 4 is 17.6 Å². The van der Waals surface area contributed by atoms with E-state index in [9.17, 15) is 10.0 Å². The minimum atomic E-state index is 0.00703. The van der Waals surface area contributed by atoms with Gasteiger partial charge < -0.3 is 5.11 Å². The summed E-state index contributed by atoms with van der Waals surface area (Å²) >= 11 is 0. The lowest BCUT2D eigenvalue weighted by Gasteiger charge is -1.99. The van der Waals surface area contributed by atoms with Crippen LogP contribution in [-0.2, 0) is 0 Å². The third-order valence-corrected chi connectivity index (χ3v) is 2.44. The number of hydrogen-bond acceptors (Lipinski definition) is 5. The lowest BCUT2D eigenvalue weighted by Crippen LogP contribution is -1.82. The molecule has 2 aromatic rings. The molecule has 19 heavy (non-hydrogen) atoms. The van der Waals surface area contributed by atoms with Crippen LogP contribution < -0.4 is 0 Å². The Morgan fingerprint density at radius 1 is 1.16 bits per heavy atom. The van der Waals surface area contributed by atoms with E-state index >= 15 is 0 Å². The number of nitriles is 1. The number of rotatable bonds is 3. The maximum Gasteiger partial charge on any atom is 0.124 e. The molecule has 0 aliphatic heterocycles. The lowest BCUT2D eigenvalue weighted by atomic mass is 10.2. The minimum absolute atomic E-state index is 0.00703. The normalized spacial score (nSPS) is 10.3. The Morgan fingerprint density at radius 2 is 2.00 bits per heavy atom. The number of phenols is 1. The van der Waals surface area contributed by atoms with Crippen LogP contribution in [0.4, 0.5) is 11.4 Å². The van der Waals surface area contributed by atoms with Crippen LogP contribution in [0.25, 0.3) is 0 Å². The summed E-state index contributed by atoms with van der Waals surface area (Å²) in [4.78, 5) is 14.6. The van der Waals surface area contributed by atoms with Crippen molar-refractivity contribution in [3.63, 3.8) is 0 Å². The first-order chi connectivity index (χ1) is 9.22. The van der Waals surface area contributed by atoms with E-state index in [0.717, 1.165) is 0 Å². The van der Waals surface area contributed by atoms with Crippen molar-refractivity contribution in [3.8, 4) is 11.8 Å². The van der Waals surface area contributed by atoms with Gasteiger partial charge in [0.2, 0.25) is 0 Å². The van der Waals surface area contributed by atoms with E-state index in [-0.39, 0.29) is 11.4 Å². The third kappa shape index (κ3) is 3.01. The molecular formula is C14H9N3O2. The molecule has 2 rings (SSSR count). The molecule has 0 heterocycles. The van der Waals surface area contributed by atoms with Gasteiger partial charge >= 0.3 is 0 Å². The quantitative estimate of drug-likeness (QED) is 0.669. The van der Waals surface area contributed by atoms with E-state index in [1.54, 1.807) is 24.3 Å². The van der Waals surface area contributed by atoms with Gasteiger partial charge in [-0.05, 0) is 41.6 Å². The van der Waals surface area contributed by atoms with Crippen LogP contribution in [0.2, 0.25) is 0 Å². The van der Waals surface area contributed by atoms with Gasteiger partial charge in [0.1, 0.15) is 11.4 Å². The van der Waals surface area contributed by atoms with Gasteiger partial charge in [-0.3, -0.25) is 4.99 Å². The molecule has 92 valence electrons. The van der Waals surface area contributed by atoms with Crippen molar-refractivity contribution in [1.29, 1.82) is 5.26 Å². The standard InChI is InChI=1S/C14H9N3O2/c15-8-10-2-1-3-12(6-10)16-9-11-7-13(17-19)4-5-14(11)18/h1-7,9,18H. The molecule has 0 aliphatic carbocycles. The van der Waals surface area contributed by atoms with Gasteiger partial charge in [0.15, 0.2) is 0 Å². The molecule has 5 heteroatoms. The van der Waals surface area contributed by atoms with Gasteiger partial charge in [-0.1, -0.05) is 6.07 Å². The zero-order chi connectivity index (χ0) is 13.7. The molecule has 5 nitrogen and oxygen atoms in total. The summed E-state index contributed by atoms with van der Waals surface area (Å²) in [6, 6.07) is 13.0. The van der Waals surface area contributed by atoms with Gasteiger partial charge in [0.05, 0.1) is 17.3 Å². The second kappa shape index (κ2) is 5.56. The molecule has 0 amide bonds. The second-order valence-corrected chi connectivity index (χ2v) is 3.75. The largest absolute Gasteiger partial charge is 0.507 e. The summed E-state index contributed by atoms with van der Waals surface area (Å²) < 4.78 is 0. The molecule has 0 aromatic heterocycles. The highest BCUT2D eigenvalue weighted by molar-refractivity contribution is 5.86. The van der Waals surface area contributed by atoms with Crippen LogP contribution in [0, 0.1) is 16.2 Å². The highest BCUT2D eigenvalue weighted by atomic mass is 16.3. The maximum atomic E-state index is 10.4. The number of nitrogens with zero attached hydrogens (tertiary/aromatic N) is 3. The zero-order valence-electron chi connectivity index (χ0n) is 9.82. The van der Waals surface area contributed by atoms with Crippen LogP contribution in [-0.4, -0.2) is 11.3 Å². The maximum absolute atomic E-state index is 10.4. The molecular weight excluding hydrogens is 242 g/mol. The topological polar surface area (TPSA) is 85.8 Å². The van der Waals surface area contributed by atoms with Crippen molar-refractivity contribution in [2.24, 2.45) is 10.2 Å². The summed E-state index contributed by atoms with van der Waals surface area (Å²) in [5.41, 5.74) is 1.69.